The lowest BCUT2D eigenvalue weighted by molar-refractivity contribution is -0.131. The van der Waals surface area contributed by atoms with E-state index in [1.165, 1.54) is 6.42 Å². The number of carbonyl (C=O) groups is 2. The van der Waals surface area contributed by atoms with Crippen molar-refractivity contribution in [3.05, 3.63) is 29.8 Å². The molecule has 0 radical (unpaired) electrons. The summed E-state index contributed by atoms with van der Waals surface area (Å²) < 4.78 is 5.08. The summed E-state index contributed by atoms with van der Waals surface area (Å²) in [6.45, 7) is 1.59. The number of carbonyl (C=O) groups excluding carboxylic acids is 2. The number of Topliss-reactive ketones (excluding diaryl/α,β-unsaturated/α-hetero) is 1. The van der Waals surface area contributed by atoms with E-state index in [1.54, 1.807) is 31.4 Å². The molecule has 2 bridgehead atoms. The fourth-order valence-corrected chi connectivity index (χ4v) is 3.47. The molecular formula is C18H25ClN2O3. The van der Waals surface area contributed by atoms with Crippen LogP contribution in [-0.4, -0.2) is 48.9 Å². The number of hydrogen-bond acceptors (Lipinski definition) is 4. The zero-order valence-electron chi connectivity index (χ0n) is 14.0. The summed E-state index contributed by atoms with van der Waals surface area (Å²) in [5, 5.41) is 3.57. The number of ketones is 1. The number of ether oxygens (including phenoxy) is 1. The molecule has 2 atom stereocenters. The molecule has 1 aromatic rings. The van der Waals surface area contributed by atoms with Gasteiger partial charge in [-0.2, -0.15) is 0 Å². The van der Waals surface area contributed by atoms with Crippen molar-refractivity contribution in [2.75, 3.05) is 20.2 Å². The number of fused-ring (bicyclic) bond motifs is 2. The monoisotopic (exact) mass is 352 g/mol. The minimum atomic E-state index is 0. The summed E-state index contributed by atoms with van der Waals surface area (Å²) in [5.41, 5.74) is 0.634. The van der Waals surface area contributed by atoms with Gasteiger partial charge in [0.2, 0.25) is 5.91 Å². The lowest BCUT2D eigenvalue weighted by atomic mass is 10.0. The molecule has 1 N–H and O–H groups in total. The number of rotatable bonds is 5. The molecule has 1 amide bonds. The van der Waals surface area contributed by atoms with E-state index in [9.17, 15) is 9.59 Å². The highest BCUT2D eigenvalue weighted by molar-refractivity contribution is 5.98. The van der Waals surface area contributed by atoms with Gasteiger partial charge < -0.3 is 15.0 Å². The van der Waals surface area contributed by atoms with Crippen LogP contribution in [0.25, 0.3) is 0 Å². The van der Waals surface area contributed by atoms with Gasteiger partial charge in [0, 0.05) is 43.6 Å². The van der Waals surface area contributed by atoms with E-state index in [2.05, 4.69) is 5.32 Å². The number of nitrogens with zero attached hydrogens (tertiary/aromatic N) is 1. The fourth-order valence-electron chi connectivity index (χ4n) is 3.47. The lowest BCUT2D eigenvalue weighted by Gasteiger charge is -2.24. The number of benzene rings is 1. The van der Waals surface area contributed by atoms with Crippen LogP contribution in [-0.2, 0) is 4.79 Å². The molecule has 0 saturated carbocycles. The minimum absolute atomic E-state index is 0. The molecule has 3 rings (SSSR count). The number of hydrogen-bond donors (Lipinski definition) is 1. The van der Waals surface area contributed by atoms with Gasteiger partial charge >= 0.3 is 0 Å². The largest absolute Gasteiger partial charge is 0.497 e. The number of nitrogens with one attached hydrogen (secondary N) is 1. The first-order valence-electron chi connectivity index (χ1n) is 8.37. The molecule has 2 heterocycles. The molecule has 0 aromatic heterocycles. The quantitative estimate of drug-likeness (QED) is 0.827. The summed E-state index contributed by atoms with van der Waals surface area (Å²) in [4.78, 5) is 26.5. The maximum Gasteiger partial charge on any atom is 0.223 e. The van der Waals surface area contributed by atoms with Crippen LogP contribution in [0.4, 0.5) is 0 Å². The van der Waals surface area contributed by atoms with Crippen LogP contribution >= 0.6 is 12.4 Å². The molecule has 0 aliphatic carbocycles. The maximum absolute atomic E-state index is 12.4. The van der Waals surface area contributed by atoms with Crippen LogP contribution in [0.3, 0.4) is 0 Å². The Morgan fingerprint density at radius 3 is 2.54 bits per heavy atom. The molecule has 2 fully saturated rings. The second kappa shape index (κ2) is 8.49. The van der Waals surface area contributed by atoms with E-state index in [4.69, 9.17) is 4.74 Å². The van der Waals surface area contributed by atoms with Crippen LogP contribution in [0.2, 0.25) is 0 Å². The topological polar surface area (TPSA) is 58.6 Å². The van der Waals surface area contributed by atoms with E-state index >= 15 is 0 Å². The summed E-state index contributed by atoms with van der Waals surface area (Å²) >= 11 is 0. The Morgan fingerprint density at radius 2 is 1.83 bits per heavy atom. The fraction of sp³-hybridized carbons (Fsp3) is 0.556. The van der Waals surface area contributed by atoms with Gasteiger partial charge in [0.15, 0.2) is 5.78 Å². The predicted molar refractivity (Wildman–Crippen MR) is 94.9 cm³/mol. The van der Waals surface area contributed by atoms with Gasteiger partial charge in [-0.3, -0.25) is 9.59 Å². The van der Waals surface area contributed by atoms with Crippen molar-refractivity contribution in [1.82, 2.24) is 10.2 Å². The number of halogens is 1. The smallest absolute Gasteiger partial charge is 0.223 e. The zero-order chi connectivity index (χ0) is 16.2. The van der Waals surface area contributed by atoms with E-state index < -0.39 is 0 Å². The molecular weight excluding hydrogens is 328 g/mol. The van der Waals surface area contributed by atoms with E-state index in [-0.39, 0.29) is 30.5 Å². The van der Waals surface area contributed by atoms with E-state index in [0.29, 0.717) is 24.1 Å². The molecule has 5 nitrogen and oxygen atoms in total. The Morgan fingerprint density at radius 1 is 1.12 bits per heavy atom. The van der Waals surface area contributed by atoms with Crippen LogP contribution in [0.5, 0.6) is 5.75 Å². The van der Waals surface area contributed by atoms with Crippen LogP contribution < -0.4 is 10.1 Å². The molecule has 1 aromatic carbocycles. The molecule has 0 spiro atoms. The van der Waals surface area contributed by atoms with Crippen LogP contribution in [0.1, 0.15) is 42.5 Å². The molecule has 24 heavy (non-hydrogen) atoms. The third kappa shape index (κ3) is 4.48. The second-order valence-electron chi connectivity index (χ2n) is 6.42. The molecule has 2 unspecified atom stereocenters. The van der Waals surface area contributed by atoms with Crippen molar-refractivity contribution in [3.63, 3.8) is 0 Å². The average Bonchev–Trinajstić information content (AvgIpc) is 2.91. The molecule has 2 saturated heterocycles. The Balaban J connectivity index is 0.00000208. The molecule has 2 aliphatic heterocycles. The Bertz CT molecular complexity index is 576. The minimum Gasteiger partial charge on any atom is -0.497 e. The van der Waals surface area contributed by atoms with Crippen molar-refractivity contribution >= 4 is 24.1 Å². The average molecular weight is 353 g/mol. The third-order valence-corrected chi connectivity index (χ3v) is 4.85. The van der Waals surface area contributed by atoms with Gasteiger partial charge in [0.1, 0.15) is 5.75 Å². The number of amides is 1. The predicted octanol–water partition coefficient (Wildman–Crippen LogP) is 2.43. The lowest BCUT2D eigenvalue weighted by Crippen LogP contribution is -2.39. The standard InChI is InChI=1S/C18H24N2O3.ClH/c1-23-16-6-2-13(3-7-16)17(21)8-9-18(22)20-11-10-14-4-5-15(12-20)19-14;/h2-3,6-7,14-15,19H,4-5,8-12H2,1H3;1H. The van der Waals surface area contributed by atoms with Crippen molar-refractivity contribution in [2.45, 2.75) is 44.2 Å². The molecule has 132 valence electrons. The Kier molecular flexibility index (Phi) is 6.63. The van der Waals surface area contributed by atoms with Crippen LogP contribution in [0, 0.1) is 0 Å². The Labute approximate surface area is 149 Å². The number of likely N-dealkylation sites (tertiary alicyclic amines) is 1. The first kappa shape index (κ1) is 18.7. The molecule has 2 aliphatic rings. The van der Waals surface area contributed by atoms with Gasteiger partial charge in [-0.25, -0.2) is 0 Å². The summed E-state index contributed by atoms with van der Waals surface area (Å²) in [7, 11) is 1.60. The van der Waals surface area contributed by atoms with E-state index in [1.807, 2.05) is 4.90 Å². The summed E-state index contributed by atoms with van der Waals surface area (Å²) in [6, 6.07) is 8.04. The first-order chi connectivity index (χ1) is 11.2. The van der Waals surface area contributed by atoms with Gasteiger partial charge in [-0.05, 0) is 43.5 Å². The summed E-state index contributed by atoms with van der Waals surface area (Å²) in [6.07, 6.45) is 3.96. The third-order valence-electron chi connectivity index (χ3n) is 4.85. The highest BCUT2D eigenvalue weighted by atomic mass is 35.5. The SMILES string of the molecule is COc1ccc(C(=O)CCC(=O)N2CCC3CCC(C2)N3)cc1.Cl. The summed E-state index contributed by atoms with van der Waals surface area (Å²) in [5.74, 6) is 0.835. The van der Waals surface area contributed by atoms with Crippen molar-refractivity contribution in [3.8, 4) is 5.75 Å². The van der Waals surface area contributed by atoms with E-state index in [0.717, 1.165) is 31.7 Å². The molecule has 6 heteroatoms. The zero-order valence-corrected chi connectivity index (χ0v) is 14.8. The normalized spacial score (nSPS) is 22.5. The van der Waals surface area contributed by atoms with Gasteiger partial charge in [0.25, 0.3) is 0 Å². The Hall–Kier alpha value is -1.59. The maximum atomic E-state index is 12.4. The van der Waals surface area contributed by atoms with Crippen LogP contribution in [0.15, 0.2) is 24.3 Å². The number of methoxy groups -OCH3 is 1. The first-order valence-corrected chi connectivity index (χ1v) is 8.37. The van der Waals surface area contributed by atoms with Gasteiger partial charge in [-0.15, -0.1) is 12.4 Å². The van der Waals surface area contributed by atoms with Gasteiger partial charge in [0.05, 0.1) is 7.11 Å². The van der Waals surface area contributed by atoms with Crippen molar-refractivity contribution < 1.29 is 14.3 Å². The second-order valence-corrected chi connectivity index (χ2v) is 6.42. The van der Waals surface area contributed by atoms with Crippen molar-refractivity contribution in [1.29, 1.82) is 0 Å². The van der Waals surface area contributed by atoms with Gasteiger partial charge in [-0.1, -0.05) is 0 Å². The highest BCUT2D eigenvalue weighted by Crippen LogP contribution is 2.21. The highest BCUT2D eigenvalue weighted by Gasteiger charge is 2.31. The van der Waals surface area contributed by atoms with Crippen molar-refractivity contribution in [2.24, 2.45) is 0 Å².